The van der Waals surface area contributed by atoms with Crippen LogP contribution >= 0.6 is 0 Å². The summed E-state index contributed by atoms with van der Waals surface area (Å²) < 4.78 is 2.74. The minimum atomic E-state index is 0.0884. The van der Waals surface area contributed by atoms with Crippen molar-refractivity contribution in [1.82, 2.24) is 0 Å². The van der Waals surface area contributed by atoms with E-state index in [2.05, 4.69) is 30.3 Å². The molecule has 1 aliphatic rings. The quantitative estimate of drug-likeness (QED) is 0.732. The molecule has 1 aromatic carbocycles. The second kappa shape index (κ2) is 6.56. The molecule has 82 valence electrons. The maximum atomic E-state index is 2.33. The summed E-state index contributed by atoms with van der Waals surface area (Å²) in [4.78, 5) is 0. The van der Waals surface area contributed by atoms with Gasteiger partial charge in [-0.15, -0.1) is 0 Å². The van der Waals surface area contributed by atoms with Crippen molar-refractivity contribution < 1.29 is 0 Å². The van der Waals surface area contributed by atoms with Crippen molar-refractivity contribution in [2.75, 3.05) is 0 Å². The van der Waals surface area contributed by atoms with Crippen molar-refractivity contribution in [2.45, 2.75) is 48.9 Å². The maximum absolute atomic E-state index is 2.33. The van der Waals surface area contributed by atoms with Crippen molar-refractivity contribution in [3.8, 4) is 0 Å². The SMILES string of the molecule is c1ccc([Te]C2CCCCCCC2)cc1. The summed E-state index contributed by atoms with van der Waals surface area (Å²) in [5.74, 6) is 0. The molecule has 0 nitrogen and oxygen atoms in total. The van der Waals surface area contributed by atoms with Gasteiger partial charge in [0, 0.05) is 0 Å². The van der Waals surface area contributed by atoms with Gasteiger partial charge in [-0.3, -0.25) is 0 Å². The van der Waals surface area contributed by atoms with Gasteiger partial charge in [0.25, 0.3) is 0 Å². The first kappa shape index (κ1) is 11.5. The molecule has 0 radical (unpaired) electrons. The molecule has 0 atom stereocenters. The molecule has 0 aromatic heterocycles. The second-order valence-electron chi connectivity index (χ2n) is 4.40. The first-order valence-corrected chi connectivity index (χ1v) is 8.68. The molecular weight excluding hydrogens is 296 g/mol. The Bertz CT molecular complexity index is 260. The summed E-state index contributed by atoms with van der Waals surface area (Å²) in [6.07, 6.45) is 10.5. The first-order chi connectivity index (χ1) is 7.45. The summed E-state index contributed by atoms with van der Waals surface area (Å²) in [7, 11) is 0. The van der Waals surface area contributed by atoms with Crippen LogP contribution < -0.4 is 3.61 Å². The van der Waals surface area contributed by atoms with E-state index in [1.165, 1.54) is 44.9 Å². The van der Waals surface area contributed by atoms with E-state index in [1.54, 1.807) is 3.61 Å². The Balaban J connectivity index is 1.86. The third kappa shape index (κ3) is 4.17. The van der Waals surface area contributed by atoms with Crippen LogP contribution in [-0.4, -0.2) is 20.9 Å². The fraction of sp³-hybridized carbons (Fsp3) is 0.571. The number of hydrogen-bond donors (Lipinski definition) is 0. The third-order valence-electron chi connectivity index (χ3n) is 3.10. The van der Waals surface area contributed by atoms with E-state index < -0.39 is 0 Å². The van der Waals surface area contributed by atoms with Crippen LogP contribution in [0.1, 0.15) is 44.9 Å². The van der Waals surface area contributed by atoms with E-state index in [0.717, 1.165) is 3.97 Å². The zero-order chi connectivity index (χ0) is 10.3. The minimum absolute atomic E-state index is 0.0884. The summed E-state index contributed by atoms with van der Waals surface area (Å²) in [5.41, 5.74) is 0. The van der Waals surface area contributed by atoms with E-state index >= 15 is 0 Å². The summed E-state index contributed by atoms with van der Waals surface area (Å²) in [6, 6.07) is 11.2. The van der Waals surface area contributed by atoms with Crippen molar-refractivity contribution in [3.05, 3.63) is 30.3 Å². The fourth-order valence-corrected chi connectivity index (χ4v) is 5.85. The molecule has 1 fully saturated rings. The molecule has 0 amide bonds. The molecule has 0 N–H and O–H groups in total. The molecule has 0 saturated heterocycles. The Morgan fingerprint density at radius 2 is 1.40 bits per heavy atom. The molecule has 0 spiro atoms. The first-order valence-electron chi connectivity index (χ1n) is 6.17. The number of hydrogen-bond acceptors (Lipinski definition) is 0. The van der Waals surface area contributed by atoms with Gasteiger partial charge in [-0.25, -0.2) is 0 Å². The van der Waals surface area contributed by atoms with Gasteiger partial charge in [0.15, 0.2) is 0 Å². The van der Waals surface area contributed by atoms with Crippen LogP contribution in [0.2, 0.25) is 3.97 Å². The monoisotopic (exact) mass is 318 g/mol. The van der Waals surface area contributed by atoms with Crippen molar-refractivity contribution in [2.24, 2.45) is 0 Å². The van der Waals surface area contributed by atoms with Crippen LogP contribution in [0, 0.1) is 0 Å². The second-order valence-corrected chi connectivity index (χ2v) is 8.32. The van der Waals surface area contributed by atoms with Crippen LogP contribution in [0.15, 0.2) is 30.3 Å². The molecule has 0 bridgehead atoms. The van der Waals surface area contributed by atoms with Crippen molar-refractivity contribution >= 4 is 24.5 Å². The van der Waals surface area contributed by atoms with Crippen LogP contribution in [0.25, 0.3) is 0 Å². The predicted octanol–water partition coefficient (Wildman–Crippen LogP) is 3.55. The van der Waals surface area contributed by atoms with Crippen LogP contribution in [0.3, 0.4) is 0 Å². The Morgan fingerprint density at radius 1 is 0.800 bits per heavy atom. The average molecular weight is 316 g/mol. The van der Waals surface area contributed by atoms with Crippen LogP contribution in [0.5, 0.6) is 0 Å². The number of benzene rings is 1. The molecule has 0 heterocycles. The molecule has 15 heavy (non-hydrogen) atoms. The van der Waals surface area contributed by atoms with Crippen molar-refractivity contribution in [1.29, 1.82) is 0 Å². The Kier molecular flexibility index (Phi) is 5.03. The fourth-order valence-electron chi connectivity index (χ4n) is 2.23. The van der Waals surface area contributed by atoms with Gasteiger partial charge in [-0.2, -0.15) is 0 Å². The molecule has 2 rings (SSSR count). The van der Waals surface area contributed by atoms with Gasteiger partial charge >= 0.3 is 104 Å². The number of rotatable bonds is 2. The van der Waals surface area contributed by atoms with Crippen molar-refractivity contribution in [3.63, 3.8) is 0 Å². The Labute approximate surface area is 104 Å². The van der Waals surface area contributed by atoms with Gasteiger partial charge in [0.05, 0.1) is 0 Å². The van der Waals surface area contributed by atoms with Gasteiger partial charge in [-0.05, 0) is 0 Å². The molecule has 0 unspecified atom stereocenters. The zero-order valence-corrected chi connectivity index (χ0v) is 11.7. The summed E-state index contributed by atoms with van der Waals surface area (Å²) >= 11 is 0.0884. The molecule has 1 aromatic rings. The topological polar surface area (TPSA) is 0 Å². The molecular formula is C14H20Te. The van der Waals surface area contributed by atoms with E-state index in [4.69, 9.17) is 0 Å². The molecule has 1 heteroatoms. The molecule has 1 saturated carbocycles. The average Bonchev–Trinajstić information content (AvgIpc) is 2.23. The van der Waals surface area contributed by atoms with Gasteiger partial charge in [-0.1, -0.05) is 0 Å². The van der Waals surface area contributed by atoms with Gasteiger partial charge < -0.3 is 0 Å². The van der Waals surface area contributed by atoms with Crippen LogP contribution in [-0.2, 0) is 0 Å². The van der Waals surface area contributed by atoms with Gasteiger partial charge in [0.1, 0.15) is 0 Å². The predicted molar refractivity (Wildman–Crippen MR) is 67.9 cm³/mol. The zero-order valence-electron chi connectivity index (χ0n) is 9.32. The van der Waals surface area contributed by atoms with E-state index in [9.17, 15) is 0 Å². The Morgan fingerprint density at radius 3 is 2.07 bits per heavy atom. The summed E-state index contributed by atoms with van der Waals surface area (Å²) in [6.45, 7) is 0. The van der Waals surface area contributed by atoms with E-state index in [-0.39, 0.29) is 20.9 Å². The van der Waals surface area contributed by atoms with Gasteiger partial charge in [0.2, 0.25) is 0 Å². The molecule has 1 aliphatic carbocycles. The van der Waals surface area contributed by atoms with Crippen LogP contribution in [0.4, 0.5) is 0 Å². The van der Waals surface area contributed by atoms with E-state index in [1.807, 2.05) is 0 Å². The standard InChI is InChI=1S/C14H20Te/c1-2-5-9-13(10-6-3-1)15-14-11-7-4-8-12-14/h4,7-8,11-13H,1-3,5-6,9-10H2. The summed E-state index contributed by atoms with van der Waals surface area (Å²) in [5, 5.41) is 0. The third-order valence-corrected chi connectivity index (χ3v) is 6.95. The van der Waals surface area contributed by atoms with E-state index in [0.29, 0.717) is 0 Å². The molecule has 0 aliphatic heterocycles. The normalized spacial score (nSPS) is 19.5. The Hall–Kier alpha value is 0.00961.